The molecule has 2 fully saturated rings. The SMILES string of the molecule is CN(C(=O)CC1CCCNC1)C1CCCCC1O. The third-order valence-electron chi connectivity index (χ3n) is 4.45. The second kappa shape index (κ2) is 6.53. The molecule has 0 spiro atoms. The van der Waals surface area contributed by atoms with Gasteiger partial charge in [-0.3, -0.25) is 4.79 Å². The van der Waals surface area contributed by atoms with Crippen molar-refractivity contribution in [3.8, 4) is 0 Å². The number of carbonyl (C=O) groups is 1. The number of aliphatic hydroxyl groups excluding tert-OH is 1. The fourth-order valence-corrected chi connectivity index (χ4v) is 3.22. The van der Waals surface area contributed by atoms with Crippen LogP contribution in [0.4, 0.5) is 0 Å². The Kier molecular flexibility index (Phi) is 5.01. The molecule has 0 radical (unpaired) electrons. The summed E-state index contributed by atoms with van der Waals surface area (Å²) in [5.74, 6) is 0.684. The summed E-state index contributed by atoms with van der Waals surface area (Å²) in [6.45, 7) is 2.05. The predicted molar refractivity (Wildman–Crippen MR) is 71.2 cm³/mol. The zero-order valence-corrected chi connectivity index (χ0v) is 11.4. The third kappa shape index (κ3) is 3.45. The minimum Gasteiger partial charge on any atom is -0.391 e. The van der Waals surface area contributed by atoms with Gasteiger partial charge in [-0.1, -0.05) is 12.8 Å². The van der Waals surface area contributed by atoms with Crippen LogP contribution >= 0.6 is 0 Å². The Morgan fingerprint density at radius 2 is 2.06 bits per heavy atom. The standard InChI is InChI=1S/C14H26N2O2/c1-16(12-6-2-3-7-13(12)17)14(18)9-11-5-4-8-15-10-11/h11-13,15,17H,2-10H2,1H3. The van der Waals surface area contributed by atoms with Crippen molar-refractivity contribution in [3.05, 3.63) is 0 Å². The van der Waals surface area contributed by atoms with Crippen molar-refractivity contribution in [3.63, 3.8) is 0 Å². The highest BCUT2D eigenvalue weighted by Crippen LogP contribution is 2.24. The van der Waals surface area contributed by atoms with Gasteiger partial charge >= 0.3 is 0 Å². The number of likely N-dealkylation sites (N-methyl/N-ethyl adjacent to an activating group) is 1. The zero-order valence-electron chi connectivity index (χ0n) is 11.4. The van der Waals surface area contributed by atoms with E-state index in [2.05, 4.69) is 5.32 Å². The lowest BCUT2D eigenvalue weighted by atomic mass is 9.90. The van der Waals surface area contributed by atoms with E-state index in [1.54, 1.807) is 4.90 Å². The van der Waals surface area contributed by atoms with E-state index >= 15 is 0 Å². The van der Waals surface area contributed by atoms with E-state index in [0.29, 0.717) is 12.3 Å². The first-order valence-corrected chi connectivity index (χ1v) is 7.33. The molecule has 1 amide bonds. The topological polar surface area (TPSA) is 52.6 Å². The molecular weight excluding hydrogens is 228 g/mol. The van der Waals surface area contributed by atoms with Crippen molar-refractivity contribution in [2.75, 3.05) is 20.1 Å². The number of piperidine rings is 1. The minimum absolute atomic E-state index is 0.0443. The van der Waals surface area contributed by atoms with E-state index in [1.807, 2.05) is 7.05 Å². The number of carbonyl (C=O) groups excluding carboxylic acids is 1. The summed E-state index contributed by atoms with van der Waals surface area (Å²) in [5.41, 5.74) is 0. The third-order valence-corrected chi connectivity index (χ3v) is 4.45. The van der Waals surface area contributed by atoms with E-state index in [-0.39, 0.29) is 18.1 Å². The van der Waals surface area contributed by atoms with Crippen LogP contribution in [0, 0.1) is 5.92 Å². The second-order valence-electron chi connectivity index (χ2n) is 5.84. The fraction of sp³-hybridized carbons (Fsp3) is 0.929. The van der Waals surface area contributed by atoms with Crippen molar-refractivity contribution >= 4 is 5.91 Å². The number of aliphatic hydroxyl groups is 1. The fourth-order valence-electron chi connectivity index (χ4n) is 3.22. The molecule has 2 N–H and O–H groups in total. The predicted octanol–water partition coefficient (Wildman–Crippen LogP) is 1.14. The summed E-state index contributed by atoms with van der Waals surface area (Å²) in [5, 5.41) is 13.3. The molecule has 0 bridgehead atoms. The van der Waals surface area contributed by atoms with Gasteiger partial charge in [-0.05, 0) is 44.7 Å². The summed E-state index contributed by atoms with van der Waals surface area (Å²) < 4.78 is 0. The van der Waals surface area contributed by atoms with Gasteiger partial charge in [-0.15, -0.1) is 0 Å². The maximum Gasteiger partial charge on any atom is 0.222 e. The first-order chi connectivity index (χ1) is 8.68. The highest BCUT2D eigenvalue weighted by atomic mass is 16.3. The molecule has 4 heteroatoms. The lowest BCUT2D eigenvalue weighted by Gasteiger charge is -2.36. The van der Waals surface area contributed by atoms with Crippen LogP contribution in [0.5, 0.6) is 0 Å². The molecule has 1 heterocycles. The second-order valence-corrected chi connectivity index (χ2v) is 5.84. The van der Waals surface area contributed by atoms with Crippen LogP contribution in [-0.2, 0) is 4.79 Å². The van der Waals surface area contributed by atoms with E-state index in [1.165, 1.54) is 6.42 Å². The lowest BCUT2D eigenvalue weighted by Crippen LogP contribution is -2.47. The first kappa shape index (κ1) is 13.8. The summed E-state index contributed by atoms with van der Waals surface area (Å²) >= 11 is 0. The molecule has 18 heavy (non-hydrogen) atoms. The summed E-state index contributed by atoms with van der Waals surface area (Å²) in [7, 11) is 1.86. The highest BCUT2D eigenvalue weighted by Gasteiger charge is 2.30. The molecule has 0 aromatic rings. The van der Waals surface area contributed by atoms with Gasteiger partial charge in [-0.25, -0.2) is 0 Å². The average molecular weight is 254 g/mol. The van der Waals surface area contributed by atoms with Gasteiger partial charge in [0.25, 0.3) is 0 Å². The van der Waals surface area contributed by atoms with Crippen LogP contribution < -0.4 is 5.32 Å². The van der Waals surface area contributed by atoms with E-state index in [9.17, 15) is 9.90 Å². The largest absolute Gasteiger partial charge is 0.391 e. The lowest BCUT2D eigenvalue weighted by molar-refractivity contribution is -0.136. The maximum atomic E-state index is 12.2. The zero-order chi connectivity index (χ0) is 13.0. The van der Waals surface area contributed by atoms with Crippen LogP contribution in [0.2, 0.25) is 0 Å². The van der Waals surface area contributed by atoms with Gasteiger partial charge in [0.2, 0.25) is 5.91 Å². The van der Waals surface area contributed by atoms with Gasteiger partial charge in [0.15, 0.2) is 0 Å². The molecule has 0 aromatic carbocycles. The van der Waals surface area contributed by atoms with Crippen LogP contribution in [0.25, 0.3) is 0 Å². The minimum atomic E-state index is -0.322. The average Bonchev–Trinajstić information content (AvgIpc) is 2.39. The number of amides is 1. The Morgan fingerprint density at radius 1 is 1.28 bits per heavy atom. The molecule has 0 aromatic heterocycles. The molecule has 1 saturated heterocycles. The molecule has 3 atom stereocenters. The van der Waals surface area contributed by atoms with Crippen molar-refractivity contribution in [1.82, 2.24) is 10.2 Å². The molecule has 1 aliphatic carbocycles. The Bertz CT molecular complexity index is 277. The Balaban J connectivity index is 1.83. The van der Waals surface area contributed by atoms with Gasteiger partial charge in [0.05, 0.1) is 12.1 Å². The summed E-state index contributed by atoms with van der Waals surface area (Å²) in [6.07, 6.45) is 6.65. The van der Waals surface area contributed by atoms with Gasteiger partial charge < -0.3 is 15.3 Å². The number of nitrogens with one attached hydrogen (secondary N) is 1. The van der Waals surface area contributed by atoms with E-state index in [0.717, 1.165) is 45.2 Å². The van der Waals surface area contributed by atoms with Crippen LogP contribution in [0.3, 0.4) is 0 Å². The van der Waals surface area contributed by atoms with Crippen LogP contribution in [-0.4, -0.2) is 48.2 Å². The maximum absolute atomic E-state index is 12.2. The Morgan fingerprint density at radius 3 is 2.72 bits per heavy atom. The van der Waals surface area contributed by atoms with Crippen LogP contribution in [0.15, 0.2) is 0 Å². The normalized spacial score (nSPS) is 33.1. The smallest absolute Gasteiger partial charge is 0.222 e. The van der Waals surface area contributed by atoms with Gasteiger partial charge in [0, 0.05) is 13.5 Å². The Hall–Kier alpha value is -0.610. The molecule has 3 unspecified atom stereocenters. The van der Waals surface area contributed by atoms with Crippen LogP contribution in [0.1, 0.15) is 44.9 Å². The molecule has 2 rings (SSSR count). The molecule has 2 aliphatic rings. The number of hydrogen-bond donors (Lipinski definition) is 2. The number of rotatable bonds is 3. The van der Waals surface area contributed by atoms with Gasteiger partial charge in [-0.2, -0.15) is 0 Å². The summed E-state index contributed by atoms with van der Waals surface area (Å²) in [4.78, 5) is 14.0. The van der Waals surface area contributed by atoms with Crippen molar-refractivity contribution in [2.45, 2.75) is 57.1 Å². The van der Waals surface area contributed by atoms with Crippen molar-refractivity contribution in [1.29, 1.82) is 0 Å². The number of hydrogen-bond acceptors (Lipinski definition) is 3. The van der Waals surface area contributed by atoms with E-state index < -0.39 is 0 Å². The monoisotopic (exact) mass is 254 g/mol. The molecule has 104 valence electrons. The number of nitrogens with zero attached hydrogens (tertiary/aromatic N) is 1. The molecule has 1 aliphatic heterocycles. The first-order valence-electron chi connectivity index (χ1n) is 7.33. The van der Waals surface area contributed by atoms with E-state index in [4.69, 9.17) is 0 Å². The Labute approximate surface area is 110 Å². The molecular formula is C14H26N2O2. The van der Waals surface area contributed by atoms with Crippen molar-refractivity contribution < 1.29 is 9.90 Å². The van der Waals surface area contributed by atoms with Gasteiger partial charge in [0.1, 0.15) is 0 Å². The quantitative estimate of drug-likeness (QED) is 0.794. The molecule has 1 saturated carbocycles. The molecule has 4 nitrogen and oxygen atoms in total. The highest BCUT2D eigenvalue weighted by molar-refractivity contribution is 5.76. The van der Waals surface area contributed by atoms with Crippen molar-refractivity contribution in [2.24, 2.45) is 5.92 Å². The summed E-state index contributed by atoms with van der Waals surface area (Å²) in [6, 6.07) is 0.0443.